The smallest absolute Gasteiger partial charge is 0.408 e. The number of nitrogens with one attached hydrogen (secondary N) is 1. The van der Waals surface area contributed by atoms with Gasteiger partial charge in [-0.05, 0) is 46.2 Å². The van der Waals surface area contributed by atoms with E-state index < -0.39 is 21.8 Å². The van der Waals surface area contributed by atoms with Crippen LogP contribution < -0.4 is 5.32 Å². The number of alkyl carbamates (subject to hydrolysis) is 1. The van der Waals surface area contributed by atoms with Crippen molar-refractivity contribution in [3.63, 3.8) is 0 Å². The van der Waals surface area contributed by atoms with Crippen LogP contribution in [0.5, 0.6) is 0 Å². The molecule has 0 heterocycles. The molecule has 1 amide bonds. The summed E-state index contributed by atoms with van der Waals surface area (Å²) in [4.78, 5) is 11.9. The molecule has 0 saturated carbocycles. The third-order valence-electron chi connectivity index (χ3n) is 3.62. The van der Waals surface area contributed by atoms with Crippen molar-refractivity contribution in [2.45, 2.75) is 50.7 Å². The molecule has 0 saturated heterocycles. The molecule has 0 fully saturated rings. The van der Waals surface area contributed by atoms with Crippen LogP contribution in [0.25, 0.3) is 0 Å². The largest absolute Gasteiger partial charge is 0.444 e. The highest BCUT2D eigenvalue weighted by Gasteiger charge is 2.25. The lowest BCUT2D eigenvalue weighted by atomic mass is 10.1. The minimum atomic E-state index is -3.77. The van der Waals surface area contributed by atoms with Crippen LogP contribution in [-0.4, -0.2) is 32.8 Å². The van der Waals surface area contributed by atoms with Crippen molar-refractivity contribution in [2.24, 2.45) is 5.92 Å². The molecule has 2 rings (SSSR count). The van der Waals surface area contributed by atoms with E-state index in [9.17, 15) is 13.2 Å². The first-order valence-electron chi connectivity index (χ1n) is 8.19. The maximum atomic E-state index is 12.2. The fraction of sp³-hybridized carbons (Fsp3) is 0.500. The first-order chi connectivity index (χ1) is 11.5. The van der Waals surface area contributed by atoms with Crippen LogP contribution in [-0.2, 0) is 19.0 Å². The predicted octanol–water partition coefficient (Wildman–Crippen LogP) is 3.17. The van der Waals surface area contributed by atoms with Crippen LogP contribution in [0.1, 0.15) is 32.8 Å². The summed E-state index contributed by atoms with van der Waals surface area (Å²) in [6.07, 6.45) is 3.77. The maximum Gasteiger partial charge on any atom is 0.408 e. The minimum Gasteiger partial charge on any atom is -0.444 e. The number of rotatable bonds is 5. The highest BCUT2D eigenvalue weighted by atomic mass is 32.2. The number of amides is 1. The van der Waals surface area contributed by atoms with Crippen LogP contribution >= 0.6 is 0 Å². The standard InChI is InChI=1S/C18H25NO5S/c1-13-5-9-16(10-6-13)25(21,22)23-12-14-7-8-15(11-14)19-17(20)24-18(2,3)4/h5-10,14-15H,11-12H2,1-4H3,(H,19,20). The molecule has 0 bridgehead atoms. The van der Waals surface area contributed by atoms with Crippen molar-refractivity contribution in [3.8, 4) is 0 Å². The predicted molar refractivity (Wildman–Crippen MR) is 94.7 cm³/mol. The number of carbonyl (C=O) groups excluding carboxylic acids is 1. The second-order valence-electron chi connectivity index (χ2n) is 7.19. The van der Waals surface area contributed by atoms with Gasteiger partial charge in [0, 0.05) is 5.92 Å². The summed E-state index contributed by atoms with van der Waals surface area (Å²) in [5, 5.41) is 2.75. The van der Waals surface area contributed by atoms with Crippen molar-refractivity contribution in [1.29, 1.82) is 0 Å². The van der Waals surface area contributed by atoms with Gasteiger partial charge in [0.2, 0.25) is 0 Å². The monoisotopic (exact) mass is 367 g/mol. The number of carbonyl (C=O) groups is 1. The zero-order chi connectivity index (χ0) is 18.7. The van der Waals surface area contributed by atoms with Gasteiger partial charge in [0.25, 0.3) is 10.1 Å². The lowest BCUT2D eigenvalue weighted by molar-refractivity contribution is 0.0511. The van der Waals surface area contributed by atoms with Gasteiger partial charge in [0.05, 0.1) is 17.5 Å². The Morgan fingerprint density at radius 3 is 2.44 bits per heavy atom. The molecule has 25 heavy (non-hydrogen) atoms. The Morgan fingerprint density at radius 1 is 1.20 bits per heavy atom. The maximum absolute atomic E-state index is 12.2. The molecule has 1 aromatic carbocycles. The zero-order valence-electron chi connectivity index (χ0n) is 15.0. The Morgan fingerprint density at radius 2 is 1.84 bits per heavy atom. The number of ether oxygens (including phenoxy) is 1. The van der Waals surface area contributed by atoms with Crippen LogP contribution in [0.15, 0.2) is 41.3 Å². The summed E-state index contributed by atoms with van der Waals surface area (Å²) in [7, 11) is -3.77. The molecule has 1 aromatic rings. The molecule has 138 valence electrons. The van der Waals surface area contributed by atoms with Crippen molar-refractivity contribution >= 4 is 16.2 Å². The van der Waals surface area contributed by atoms with Gasteiger partial charge in [-0.3, -0.25) is 4.18 Å². The molecule has 1 N–H and O–H groups in total. The molecular formula is C18H25NO5S. The Balaban J connectivity index is 1.82. The van der Waals surface area contributed by atoms with E-state index in [1.54, 1.807) is 32.9 Å². The fourth-order valence-electron chi connectivity index (χ4n) is 2.41. The number of aryl methyl sites for hydroxylation is 1. The van der Waals surface area contributed by atoms with E-state index in [-0.39, 0.29) is 23.5 Å². The molecule has 2 atom stereocenters. The third kappa shape index (κ3) is 6.17. The number of benzene rings is 1. The van der Waals surface area contributed by atoms with Crippen molar-refractivity contribution in [3.05, 3.63) is 42.0 Å². The van der Waals surface area contributed by atoms with Gasteiger partial charge in [-0.25, -0.2) is 4.79 Å². The van der Waals surface area contributed by atoms with Crippen LogP contribution in [0, 0.1) is 12.8 Å². The summed E-state index contributed by atoms with van der Waals surface area (Å²) in [5.41, 5.74) is 0.422. The third-order valence-corrected chi connectivity index (χ3v) is 4.92. The minimum absolute atomic E-state index is 0.0409. The highest BCUT2D eigenvalue weighted by Crippen LogP contribution is 2.21. The zero-order valence-corrected chi connectivity index (χ0v) is 15.8. The Bertz CT molecular complexity index is 732. The van der Waals surface area contributed by atoms with Crippen LogP contribution in [0.2, 0.25) is 0 Å². The van der Waals surface area contributed by atoms with Crippen LogP contribution in [0.3, 0.4) is 0 Å². The van der Waals surface area contributed by atoms with E-state index in [4.69, 9.17) is 8.92 Å². The molecular weight excluding hydrogens is 342 g/mol. The summed E-state index contributed by atoms with van der Waals surface area (Å²) in [5.74, 6) is -0.0832. The lowest BCUT2D eigenvalue weighted by Gasteiger charge is -2.21. The van der Waals surface area contributed by atoms with Gasteiger partial charge in [-0.1, -0.05) is 29.8 Å². The Hall–Kier alpha value is -1.86. The summed E-state index contributed by atoms with van der Waals surface area (Å²) >= 11 is 0. The number of hydrogen-bond acceptors (Lipinski definition) is 5. The van der Waals surface area contributed by atoms with E-state index >= 15 is 0 Å². The van der Waals surface area contributed by atoms with Crippen molar-refractivity contribution < 1.29 is 22.1 Å². The second-order valence-corrected chi connectivity index (χ2v) is 8.80. The molecule has 0 spiro atoms. The molecule has 0 aliphatic heterocycles. The summed E-state index contributed by atoms with van der Waals surface area (Å²) < 4.78 is 34.7. The van der Waals surface area contributed by atoms with Gasteiger partial charge in [-0.2, -0.15) is 8.42 Å². The second kappa shape index (κ2) is 7.58. The van der Waals surface area contributed by atoms with Gasteiger partial charge in [-0.15, -0.1) is 0 Å². The molecule has 0 radical (unpaired) electrons. The molecule has 6 nitrogen and oxygen atoms in total. The fourth-order valence-corrected chi connectivity index (χ4v) is 3.37. The normalized spacial score (nSPS) is 20.5. The highest BCUT2D eigenvalue weighted by molar-refractivity contribution is 7.86. The summed E-state index contributed by atoms with van der Waals surface area (Å²) in [6.45, 7) is 7.31. The van der Waals surface area contributed by atoms with E-state index in [2.05, 4.69) is 5.32 Å². The molecule has 0 aromatic heterocycles. The molecule has 2 unspecified atom stereocenters. The SMILES string of the molecule is Cc1ccc(S(=O)(=O)OCC2C=CC(NC(=O)OC(C)(C)C)C2)cc1. The average molecular weight is 367 g/mol. The topological polar surface area (TPSA) is 81.7 Å². The quantitative estimate of drug-likeness (QED) is 0.638. The van der Waals surface area contributed by atoms with E-state index in [1.165, 1.54) is 12.1 Å². The van der Waals surface area contributed by atoms with E-state index in [0.717, 1.165) is 5.56 Å². The van der Waals surface area contributed by atoms with Crippen LogP contribution in [0.4, 0.5) is 4.79 Å². The van der Waals surface area contributed by atoms with E-state index in [1.807, 2.05) is 19.1 Å². The summed E-state index contributed by atoms with van der Waals surface area (Å²) in [6, 6.07) is 6.33. The Kier molecular flexibility index (Phi) is 5.90. The molecule has 7 heteroatoms. The number of hydrogen-bond donors (Lipinski definition) is 1. The average Bonchev–Trinajstić information content (AvgIpc) is 2.91. The first kappa shape index (κ1) is 19.5. The first-order valence-corrected chi connectivity index (χ1v) is 9.60. The van der Waals surface area contributed by atoms with E-state index in [0.29, 0.717) is 6.42 Å². The molecule has 1 aliphatic carbocycles. The Labute approximate surface area is 149 Å². The lowest BCUT2D eigenvalue weighted by Crippen LogP contribution is -2.37. The van der Waals surface area contributed by atoms with Crippen molar-refractivity contribution in [2.75, 3.05) is 6.61 Å². The van der Waals surface area contributed by atoms with Gasteiger partial charge in [0.1, 0.15) is 5.60 Å². The molecule has 1 aliphatic rings. The van der Waals surface area contributed by atoms with Gasteiger partial charge in [0.15, 0.2) is 0 Å². The van der Waals surface area contributed by atoms with Gasteiger partial charge >= 0.3 is 6.09 Å². The van der Waals surface area contributed by atoms with Gasteiger partial charge < -0.3 is 10.1 Å². The van der Waals surface area contributed by atoms with Crippen molar-refractivity contribution in [1.82, 2.24) is 5.32 Å².